The molecule has 0 aromatic heterocycles. The predicted octanol–water partition coefficient (Wildman–Crippen LogP) is 4.77. The van der Waals surface area contributed by atoms with Crippen LogP contribution in [0.15, 0.2) is 22.7 Å². The van der Waals surface area contributed by atoms with Crippen LogP contribution < -0.4 is 0 Å². The first-order valence-electron chi connectivity index (χ1n) is 3.08. The van der Waals surface area contributed by atoms with Crippen LogP contribution in [0.5, 0.6) is 0 Å². The zero-order chi connectivity index (χ0) is 9.14. The molecule has 0 spiro atoms. The molecule has 4 heteroatoms. The van der Waals surface area contributed by atoms with E-state index < -0.39 is 0 Å². The second-order valence-corrected chi connectivity index (χ2v) is 3.87. The molecule has 0 unspecified atom stereocenters. The van der Waals surface area contributed by atoms with E-state index in [0.29, 0.717) is 15.6 Å². The number of hydrogen-bond donors (Lipinski definition) is 0. The van der Waals surface area contributed by atoms with Crippen molar-refractivity contribution in [1.82, 2.24) is 0 Å². The van der Waals surface area contributed by atoms with Gasteiger partial charge in [0.2, 0.25) is 0 Å². The normalized spacial score (nSPS) is 9.67. The van der Waals surface area contributed by atoms with Crippen LogP contribution in [-0.2, 0) is 0 Å². The minimum atomic E-state index is 0.152. The monoisotopic (exact) mass is 240 g/mol. The van der Waals surface area contributed by atoms with Gasteiger partial charge in [0.05, 0.1) is 10.0 Å². The molecule has 0 heterocycles. The maximum absolute atomic E-state index is 5.84. The van der Waals surface area contributed by atoms with E-state index in [1.807, 2.05) is 0 Å². The van der Waals surface area contributed by atoms with Gasteiger partial charge in [0.1, 0.15) is 4.49 Å². The molecule has 0 radical (unpaired) electrons. The Bertz CT molecular complexity index is 313. The second kappa shape index (κ2) is 4.38. The van der Waals surface area contributed by atoms with Gasteiger partial charge >= 0.3 is 0 Å². The summed E-state index contributed by atoms with van der Waals surface area (Å²) in [5, 5.41) is 0.943. The molecule has 0 aliphatic rings. The Morgan fingerprint density at radius 1 is 1.17 bits per heavy atom. The SMILES string of the molecule is ClC(Cl)=Cc1cccc(Cl)c1Cl. The van der Waals surface area contributed by atoms with E-state index >= 15 is 0 Å². The zero-order valence-electron chi connectivity index (χ0n) is 5.82. The van der Waals surface area contributed by atoms with Crippen molar-refractivity contribution in [2.75, 3.05) is 0 Å². The standard InChI is InChI=1S/C8H4Cl4/c9-6-3-1-2-5(8(6)12)4-7(10)11/h1-4H. The summed E-state index contributed by atoms with van der Waals surface area (Å²) < 4.78 is 0.152. The van der Waals surface area contributed by atoms with Crippen LogP contribution in [0.4, 0.5) is 0 Å². The lowest BCUT2D eigenvalue weighted by molar-refractivity contribution is 1.66. The van der Waals surface area contributed by atoms with Crippen molar-refractivity contribution in [1.29, 1.82) is 0 Å². The summed E-state index contributed by atoms with van der Waals surface area (Å²) >= 11 is 22.5. The van der Waals surface area contributed by atoms with Crippen molar-refractivity contribution < 1.29 is 0 Å². The molecule has 0 bridgehead atoms. The molecule has 0 fully saturated rings. The van der Waals surface area contributed by atoms with Crippen molar-refractivity contribution in [3.05, 3.63) is 38.3 Å². The first kappa shape index (κ1) is 10.2. The summed E-state index contributed by atoms with van der Waals surface area (Å²) in [5.41, 5.74) is 0.712. The van der Waals surface area contributed by atoms with Gasteiger partial charge < -0.3 is 0 Å². The molecule has 0 nitrogen and oxygen atoms in total. The summed E-state index contributed by atoms with van der Waals surface area (Å²) in [6.45, 7) is 0. The van der Waals surface area contributed by atoms with Gasteiger partial charge in [-0.3, -0.25) is 0 Å². The summed E-state index contributed by atoms with van der Waals surface area (Å²) in [4.78, 5) is 0. The van der Waals surface area contributed by atoms with Crippen LogP contribution in [-0.4, -0.2) is 0 Å². The summed E-state index contributed by atoms with van der Waals surface area (Å²) in [6.07, 6.45) is 1.54. The van der Waals surface area contributed by atoms with Gasteiger partial charge in [-0.2, -0.15) is 0 Å². The largest absolute Gasteiger partial charge is 0.107 e. The van der Waals surface area contributed by atoms with Crippen LogP contribution in [0.3, 0.4) is 0 Å². The molecule has 64 valence electrons. The van der Waals surface area contributed by atoms with Crippen LogP contribution in [0.25, 0.3) is 6.08 Å². The van der Waals surface area contributed by atoms with Crippen LogP contribution in [0.2, 0.25) is 10.0 Å². The maximum Gasteiger partial charge on any atom is 0.107 e. The molecule has 0 N–H and O–H groups in total. The Morgan fingerprint density at radius 3 is 2.42 bits per heavy atom. The number of hydrogen-bond acceptors (Lipinski definition) is 0. The van der Waals surface area contributed by atoms with E-state index in [9.17, 15) is 0 Å². The summed E-state index contributed by atoms with van der Waals surface area (Å²) in [6, 6.07) is 5.25. The van der Waals surface area contributed by atoms with Crippen LogP contribution in [0.1, 0.15) is 5.56 Å². The van der Waals surface area contributed by atoms with E-state index in [0.717, 1.165) is 0 Å². The van der Waals surface area contributed by atoms with Gasteiger partial charge in [-0.25, -0.2) is 0 Å². The summed E-state index contributed by atoms with van der Waals surface area (Å²) in [7, 11) is 0. The first-order chi connectivity index (χ1) is 5.61. The van der Waals surface area contributed by atoms with Gasteiger partial charge in [-0.1, -0.05) is 58.5 Å². The predicted molar refractivity (Wildman–Crippen MR) is 56.1 cm³/mol. The highest BCUT2D eigenvalue weighted by Crippen LogP contribution is 2.28. The van der Waals surface area contributed by atoms with Crippen LogP contribution in [0, 0.1) is 0 Å². The molecule has 1 rings (SSSR count). The Hall–Kier alpha value is 0.120. The fourth-order valence-electron chi connectivity index (χ4n) is 0.750. The van der Waals surface area contributed by atoms with Crippen molar-refractivity contribution >= 4 is 52.5 Å². The molecule has 12 heavy (non-hydrogen) atoms. The molecular weight excluding hydrogens is 238 g/mol. The first-order valence-corrected chi connectivity index (χ1v) is 4.59. The van der Waals surface area contributed by atoms with Gasteiger partial charge in [0.25, 0.3) is 0 Å². The average Bonchev–Trinajstić information content (AvgIpc) is 1.98. The minimum absolute atomic E-state index is 0.152. The third kappa shape index (κ3) is 2.56. The van der Waals surface area contributed by atoms with E-state index in [-0.39, 0.29) is 4.49 Å². The topological polar surface area (TPSA) is 0 Å². The smallest absolute Gasteiger partial charge is 0.0827 e. The lowest BCUT2D eigenvalue weighted by Crippen LogP contribution is -1.75. The maximum atomic E-state index is 5.84. The van der Waals surface area contributed by atoms with Gasteiger partial charge in [0.15, 0.2) is 0 Å². The van der Waals surface area contributed by atoms with Crippen LogP contribution >= 0.6 is 46.4 Å². The highest BCUT2D eigenvalue weighted by atomic mass is 35.5. The average molecular weight is 242 g/mol. The molecule has 0 atom stereocenters. The molecule has 0 amide bonds. The molecule has 1 aromatic rings. The third-order valence-corrected chi connectivity index (χ3v) is 2.30. The quantitative estimate of drug-likeness (QED) is 0.665. The van der Waals surface area contributed by atoms with E-state index in [2.05, 4.69) is 0 Å². The number of halogens is 4. The molecule has 0 aliphatic carbocycles. The van der Waals surface area contributed by atoms with Crippen molar-refractivity contribution in [2.24, 2.45) is 0 Å². The van der Waals surface area contributed by atoms with E-state index in [4.69, 9.17) is 46.4 Å². The highest BCUT2D eigenvalue weighted by molar-refractivity contribution is 6.57. The minimum Gasteiger partial charge on any atom is -0.0827 e. The molecule has 1 aromatic carbocycles. The second-order valence-electron chi connectivity index (χ2n) is 2.08. The Balaban J connectivity index is 3.17. The van der Waals surface area contributed by atoms with E-state index in [1.165, 1.54) is 6.08 Å². The zero-order valence-corrected chi connectivity index (χ0v) is 8.84. The van der Waals surface area contributed by atoms with Gasteiger partial charge in [0, 0.05) is 0 Å². The van der Waals surface area contributed by atoms with Crippen molar-refractivity contribution in [3.63, 3.8) is 0 Å². The number of benzene rings is 1. The fourth-order valence-corrected chi connectivity index (χ4v) is 1.35. The lowest BCUT2D eigenvalue weighted by atomic mass is 10.2. The Kier molecular flexibility index (Phi) is 3.73. The highest BCUT2D eigenvalue weighted by Gasteiger charge is 2.01. The fraction of sp³-hybridized carbons (Fsp3) is 0. The van der Waals surface area contributed by atoms with E-state index in [1.54, 1.807) is 18.2 Å². The number of rotatable bonds is 1. The lowest BCUT2D eigenvalue weighted by Gasteiger charge is -1.99. The Morgan fingerprint density at radius 2 is 1.83 bits per heavy atom. The molecular formula is C8H4Cl4. The summed E-state index contributed by atoms with van der Waals surface area (Å²) in [5.74, 6) is 0. The molecule has 0 saturated carbocycles. The molecule has 0 saturated heterocycles. The van der Waals surface area contributed by atoms with Gasteiger partial charge in [-0.05, 0) is 17.7 Å². The van der Waals surface area contributed by atoms with Crippen molar-refractivity contribution in [2.45, 2.75) is 0 Å². The third-order valence-electron chi connectivity index (χ3n) is 1.25. The Labute approximate surface area is 90.7 Å². The molecule has 0 aliphatic heterocycles. The van der Waals surface area contributed by atoms with Gasteiger partial charge in [-0.15, -0.1) is 0 Å². The van der Waals surface area contributed by atoms with Crippen molar-refractivity contribution in [3.8, 4) is 0 Å².